The minimum Gasteiger partial charge on any atom is -0.480 e. The first-order chi connectivity index (χ1) is 11.0. The predicted molar refractivity (Wildman–Crippen MR) is 81.0 cm³/mol. The van der Waals surface area contributed by atoms with Crippen molar-refractivity contribution in [3.63, 3.8) is 0 Å². The second kappa shape index (κ2) is 6.29. The quantitative estimate of drug-likeness (QED) is 0.841. The summed E-state index contributed by atoms with van der Waals surface area (Å²) in [6, 6.07) is 4.56. The number of aromatic nitrogens is 1. The fourth-order valence-corrected chi connectivity index (χ4v) is 2.34. The van der Waals surface area contributed by atoms with Gasteiger partial charge in [0, 0.05) is 11.6 Å². The molecule has 1 amide bonds. The maximum atomic E-state index is 12.3. The van der Waals surface area contributed by atoms with Gasteiger partial charge in [-0.05, 0) is 31.0 Å². The molecule has 0 unspecified atom stereocenters. The average molecular weight is 337 g/mol. The number of amides is 1. The molecule has 7 nitrogen and oxygen atoms in total. The van der Waals surface area contributed by atoms with Crippen molar-refractivity contribution in [3.8, 4) is 5.75 Å². The Morgan fingerprint density at radius 1 is 1.43 bits per heavy atom. The summed E-state index contributed by atoms with van der Waals surface area (Å²) in [4.78, 5) is 22.8. The molecule has 1 heterocycles. The lowest BCUT2D eigenvalue weighted by atomic mass is 10.1. The Labute approximate surface area is 136 Å². The van der Waals surface area contributed by atoms with Crippen molar-refractivity contribution in [3.05, 3.63) is 40.7 Å². The number of nitrogens with one attached hydrogen (secondary N) is 1. The van der Waals surface area contributed by atoms with E-state index in [1.54, 1.807) is 6.07 Å². The Morgan fingerprint density at radius 2 is 2.22 bits per heavy atom. The summed E-state index contributed by atoms with van der Waals surface area (Å²) in [6.45, 7) is -0.489. The highest BCUT2D eigenvalue weighted by atomic mass is 35.5. The molecule has 1 aliphatic rings. The van der Waals surface area contributed by atoms with Gasteiger partial charge in [-0.2, -0.15) is 0 Å². The fourth-order valence-electron chi connectivity index (χ4n) is 2.10. The van der Waals surface area contributed by atoms with E-state index in [1.165, 1.54) is 18.4 Å². The van der Waals surface area contributed by atoms with Crippen LogP contribution in [0.3, 0.4) is 0 Å². The van der Waals surface area contributed by atoms with Crippen LogP contribution in [0.4, 0.5) is 5.69 Å². The normalized spacial score (nSPS) is 13.6. The Hall–Kier alpha value is -2.54. The highest BCUT2D eigenvalue weighted by Gasteiger charge is 2.31. The molecule has 23 heavy (non-hydrogen) atoms. The summed E-state index contributed by atoms with van der Waals surface area (Å²) < 4.78 is 9.91. The lowest BCUT2D eigenvalue weighted by Gasteiger charge is -2.09. The summed E-state index contributed by atoms with van der Waals surface area (Å²) in [5.41, 5.74) is 1.55. The van der Waals surface area contributed by atoms with Gasteiger partial charge in [0.25, 0.3) is 5.91 Å². The lowest BCUT2D eigenvalue weighted by molar-refractivity contribution is -0.139. The monoisotopic (exact) mass is 336 g/mol. The van der Waals surface area contributed by atoms with Crippen molar-refractivity contribution in [1.82, 2.24) is 5.16 Å². The number of ether oxygens (including phenoxy) is 1. The van der Waals surface area contributed by atoms with E-state index >= 15 is 0 Å². The van der Waals surface area contributed by atoms with E-state index in [2.05, 4.69) is 10.5 Å². The number of anilines is 1. The Kier molecular flexibility index (Phi) is 4.20. The Bertz CT molecular complexity index is 754. The summed E-state index contributed by atoms with van der Waals surface area (Å²) in [5.74, 6) is -0.900. The van der Waals surface area contributed by atoms with Crippen molar-refractivity contribution in [2.45, 2.75) is 18.8 Å². The van der Waals surface area contributed by atoms with E-state index in [1.807, 2.05) is 0 Å². The highest BCUT2D eigenvalue weighted by molar-refractivity contribution is 6.32. The first-order valence-electron chi connectivity index (χ1n) is 6.94. The number of aliphatic carboxylic acids is 1. The van der Waals surface area contributed by atoms with E-state index < -0.39 is 12.6 Å². The molecule has 1 aromatic carbocycles. The van der Waals surface area contributed by atoms with Gasteiger partial charge < -0.3 is 19.7 Å². The van der Waals surface area contributed by atoms with Crippen LogP contribution >= 0.6 is 11.6 Å². The summed E-state index contributed by atoms with van der Waals surface area (Å²) in [6.07, 6.45) is 3.34. The SMILES string of the molecule is O=C(O)COc1ccc(NC(=O)c2conc2C2CC2)cc1Cl. The van der Waals surface area contributed by atoms with Crippen LogP contribution in [-0.4, -0.2) is 28.7 Å². The van der Waals surface area contributed by atoms with E-state index in [0.29, 0.717) is 22.9 Å². The van der Waals surface area contributed by atoms with Crippen LogP contribution in [0, 0.1) is 0 Å². The molecule has 0 bridgehead atoms. The largest absolute Gasteiger partial charge is 0.480 e. The van der Waals surface area contributed by atoms with Crippen molar-refractivity contribution >= 4 is 29.2 Å². The third-order valence-electron chi connectivity index (χ3n) is 3.35. The van der Waals surface area contributed by atoms with E-state index in [9.17, 15) is 9.59 Å². The molecule has 0 spiro atoms. The zero-order valence-corrected chi connectivity index (χ0v) is 12.7. The third kappa shape index (κ3) is 3.62. The summed E-state index contributed by atoms with van der Waals surface area (Å²) >= 11 is 6.01. The van der Waals surface area contributed by atoms with Gasteiger partial charge in [0.2, 0.25) is 0 Å². The highest BCUT2D eigenvalue weighted by Crippen LogP contribution is 2.41. The molecule has 2 aromatic rings. The van der Waals surface area contributed by atoms with Crippen molar-refractivity contribution in [1.29, 1.82) is 0 Å². The minimum absolute atomic E-state index is 0.205. The molecular formula is C15H13ClN2O5. The van der Waals surface area contributed by atoms with Crippen LogP contribution in [0.15, 0.2) is 29.0 Å². The lowest BCUT2D eigenvalue weighted by Crippen LogP contribution is -2.13. The van der Waals surface area contributed by atoms with Gasteiger partial charge >= 0.3 is 5.97 Å². The number of benzene rings is 1. The molecule has 0 atom stereocenters. The van der Waals surface area contributed by atoms with Crippen molar-refractivity contribution in [2.24, 2.45) is 0 Å². The second-order valence-electron chi connectivity index (χ2n) is 5.17. The van der Waals surface area contributed by atoms with Crippen molar-refractivity contribution in [2.75, 3.05) is 11.9 Å². The van der Waals surface area contributed by atoms with E-state index in [4.69, 9.17) is 26.0 Å². The molecule has 1 aliphatic carbocycles. The van der Waals surface area contributed by atoms with Gasteiger partial charge in [0.1, 0.15) is 17.6 Å². The van der Waals surface area contributed by atoms with Gasteiger partial charge in [-0.3, -0.25) is 4.79 Å². The zero-order chi connectivity index (χ0) is 16.4. The number of rotatable bonds is 6. The molecule has 0 saturated heterocycles. The fraction of sp³-hybridized carbons (Fsp3) is 0.267. The minimum atomic E-state index is -1.10. The molecule has 8 heteroatoms. The molecule has 1 fully saturated rings. The first kappa shape index (κ1) is 15.4. The predicted octanol–water partition coefficient (Wildman–Crippen LogP) is 2.92. The second-order valence-corrected chi connectivity index (χ2v) is 5.58. The number of halogens is 1. The van der Waals surface area contributed by atoms with Crippen LogP contribution in [0.1, 0.15) is 34.8 Å². The van der Waals surface area contributed by atoms with Crippen LogP contribution in [0.5, 0.6) is 5.75 Å². The number of hydrogen-bond donors (Lipinski definition) is 2. The van der Waals surface area contributed by atoms with Crippen molar-refractivity contribution < 1.29 is 24.0 Å². The first-order valence-corrected chi connectivity index (χ1v) is 7.32. The molecule has 1 saturated carbocycles. The topological polar surface area (TPSA) is 102 Å². The zero-order valence-electron chi connectivity index (χ0n) is 11.9. The van der Waals surface area contributed by atoms with Crippen LogP contribution in [0.25, 0.3) is 0 Å². The molecular weight excluding hydrogens is 324 g/mol. The molecule has 2 N–H and O–H groups in total. The standard InChI is InChI=1S/C15H13ClN2O5/c16-11-5-9(3-4-12(11)22-7-13(19)20)17-15(21)10-6-23-18-14(10)8-1-2-8/h3-6,8H,1-2,7H2,(H,17,21)(H,19,20). The number of carbonyl (C=O) groups excluding carboxylic acids is 1. The molecule has 0 radical (unpaired) electrons. The number of nitrogens with zero attached hydrogens (tertiary/aromatic N) is 1. The summed E-state index contributed by atoms with van der Waals surface area (Å²) in [5, 5.41) is 15.4. The molecule has 120 valence electrons. The maximum Gasteiger partial charge on any atom is 0.341 e. The van der Waals surface area contributed by atoms with Crippen LogP contribution in [-0.2, 0) is 4.79 Å². The number of carboxylic acids is 1. The smallest absolute Gasteiger partial charge is 0.341 e. The summed E-state index contributed by atoms with van der Waals surface area (Å²) in [7, 11) is 0. The van der Waals surface area contributed by atoms with Gasteiger partial charge in [-0.25, -0.2) is 4.79 Å². The van der Waals surface area contributed by atoms with E-state index in [-0.39, 0.29) is 16.7 Å². The average Bonchev–Trinajstić information content (AvgIpc) is 3.23. The van der Waals surface area contributed by atoms with Crippen LogP contribution in [0.2, 0.25) is 5.02 Å². The Morgan fingerprint density at radius 3 is 2.87 bits per heavy atom. The third-order valence-corrected chi connectivity index (χ3v) is 3.64. The Balaban J connectivity index is 1.70. The molecule has 3 rings (SSSR count). The number of carbonyl (C=O) groups is 2. The number of hydrogen-bond acceptors (Lipinski definition) is 5. The number of carboxylic acid groups (broad SMARTS) is 1. The van der Waals surface area contributed by atoms with Crippen LogP contribution < -0.4 is 10.1 Å². The van der Waals surface area contributed by atoms with Gasteiger partial charge in [-0.1, -0.05) is 16.8 Å². The van der Waals surface area contributed by atoms with E-state index in [0.717, 1.165) is 12.8 Å². The van der Waals surface area contributed by atoms with Gasteiger partial charge in [0.15, 0.2) is 6.61 Å². The molecule has 1 aromatic heterocycles. The van der Waals surface area contributed by atoms with Gasteiger partial charge in [-0.15, -0.1) is 0 Å². The van der Waals surface area contributed by atoms with Gasteiger partial charge in [0.05, 0.1) is 10.7 Å². The maximum absolute atomic E-state index is 12.3. The molecule has 0 aliphatic heterocycles.